The SMILES string of the molecule is Cc1cc(=O)oc2cc(NC(=O)c3ccccc3Cn3nc([N+](=O)[O-])cc3C)ccc12. The van der Waals surface area contributed by atoms with E-state index in [-0.39, 0.29) is 18.3 Å². The van der Waals surface area contributed by atoms with Crippen molar-refractivity contribution in [1.82, 2.24) is 9.78 Å². The highest BCUT2D eigenvalue weighted by molar-refractivity contribution is 6.06. The van der Waals surface area contributed by atoms with Crippen molar-refractivity contribution < 1.29 is 14.1 Å². The van der Waals surface area contributed by atoms with Gasteiger partial charge >= 0.3 is 11.4 Å². The van der Waals surface area contributed by atoms with Crippen LogP contribution in [0, 0.1) is 24.0 Å². The summed E-state index contributed by atoms with van der Waals surface area (Å²) >= 11 is 0. The van der Waals surface area contributed by atoms with Gasteiger partial charge in [-0.1, -0.05) is 18.2 Å². The molecule has 0 aliphatic rings. The molecule has 0 fully saturated rings. The maximum absolute atomic E-state index is 13.0. The van der Waals surface area contributed by atoms with Gasteiger partial charge in [-0.05, 0) is 48.1 Å². The number of amides is 1. The summed E-state index contributed by atoms with van der Waals surface area (Å²) in [7, 11) is 0. The summed E-state index contributed by atoms with van der Waals surface area (Å²) < 4.78 is 6.72. The molecule has 4 aromatic rings. The number of hydrogen-bond acceptors (Lipinski definition) is 6. The molecule has 1 amide bonds. The lowest BCUT2D eigenvalue weighted by molar-refractivity contribution is -0.389. The molecule has 0 aliphatic heterocycles. The minimum absolute atomic E-state index is 0.203. The zero-order valence-corrected chi connectivity index (χ0v) is 16.8. The van der Waals surface area contributed by atoms with Gasteiger partial charge in [-0.2, -0.15) is 4.68 Å². The fourth-order valence-electron chi connectivity index (χ4n) is 3.38. The standard InChI is InChI=1S/C22H18N4O5/c1-13-9-21(27)31-19-11-16(7-8-17(13)19)23-22(28)18-6-4-3-5-15(18)12-25-14(2)10-20(24-25)26(29)30/h3-11H,12H2,1-2H3,(H,23,28). The van der Waals surface area contributed by atoms with E-state index in [0.29, 0.717) is 28.1 Å². The Balaban J connectivity index is 1.62. The first kappa shape index (κ1) is 20.0. The van der Waals surface area contributed by atoms with Gasteiger partial charge in [-0.3, -0.25) is 4.79 Å². The molecule has 9 nitrogen and oxygen atoms in total. The average Bonchev–Trinajstić information content (AvgIpc) is 3.08. The third kappa shape index (κ3) is 4.06. The predicted molar refractivity (Wildman–Crippen MR) is 114 cm³/mol. The molecule has 0 aliphatic carbocycles. The van der Waals surface area contributed by atoms with E-state index >= 15 is 0 Å². The number of rotatable bonds is 5. The molecule has 0 atom stereocenters. The smallest absolute Gasteiger partial charge is 0.390 e. The van der Waals surface area contributed by atoms with Crippen LogP contribution in [0.2, 0.25) is 0 Å². The second kappa shape index (κ2) is 7.86. The predicted octanol–water partition coefficient (Wildman–Crippen LogP) is 3.82. The Kier molecular flexibility index (Phi) is 5.08. The van der Waals surface area contributed by atoms with E-state index in [0.717, 1.165) is 10.9 Å². The molecule has 0 saturated carbocycles. The summed E-state index contributed by atoms with van der Waals surface area (Å²) in [6.45, 7) is 3.73. The lowest BCUT2D eigenvalue weighted by Gasteiger charge is -2.11. The maximum Gasteiger partial charge on any atom is 0.390 e. The first-order chi connectivity index (χ1) is 14.8. The van der Waals surface area contributed by atoms with Crippen LogP contribution in [-0.2, 0) is 6.54 Å². The highest BCUT2D eigenvalue weighted by atomic mass is 16.6. The molecule has 0 radical (unpaired) electrons. The van der Waals surface area contributed by atoms with Crippen molar-refractivity contribution in [3.05, 3.63) is 97.5 Å². The second-order valence-corrected chi connectivity index (χ2v) is 7.13. The van der Waals surface area contributed by atoms with Crippen molar-refractivity contribution in [1.29, 1.82) is 0 Å². The highest BCUT2D eigenvalue weighted by Gasteiger charge is 2.18. The Morgan fingerprint density at radius 1 is 1.16 bits per heavy atom. The molecule has 0 saturated heterocycles. The number of hydrogen-bond donors (Lipinski definition) is 1. The molecule has 0 spiro atoms. The van der Waals surface area contributed by atoms with Gasteiger partial charge < -0.3 is 19.8 Å². The van der Waals surface area contributed by atoms with Crippen LogP contribution in [-0.4, -0.2) is 20.6 Å². The lowest BCUT2D eigenvalue weighted by atomic mass is 10.1. The Morgan fingerprint density at radius 2 is 1.94 bits per heavy atom. The highest BCUT2D eigenvalue weighted by Crippen LogP contribution is 2.22. The molecule has 4 rings (SSSR count). The first-order valence-corrected chi connectivity index (χ1v) is 9.44. The lowest BCUT2D eigenvalue weighted by Crippen LogP contribution is -2.16. The van der Waals surface area contributed by atoms with E-state index in [9.17, 15) is 19.7 Å². The number of benzene rings is 2. The van der Waals surface area contributed by atoms with Crippen molar-refractivity contribution in [2.24, 2.45) is 0 Å². The molecule has 0 unspecified atom stereocenters. The van der Waals surface area contributed by atoms with Crippen LogP contribution in [0.25, 0.3) is 11.0 Å². The molecule has 2 aromatic carbocycles. The van der Waals surface area contributed by atoms with Crippen molar-refractivity contribution in [3.8, 4) is 0 Å². The minimum Gasteiger partial charge on any atom is -0.423 e. The van der Waals surface area contributed by atoms with E-state index in [1.54, 1.807) is 49.4 Å². The molecular weight excluding hydrogens is 400 g/mol. The zero-order chi connectivity index (χ0) is 22.1. The van der Waals surface area contributed by atoms with Gasteiger partial charge in [0.2, 0.25) is 0 Å². The number of nitrogens with one attached hydrogen (secondary N) is 1. The molecule has 2 aromatic heterocycles. The Bertz CT molecular complexity index is 1390. The third-order valence-electron chi connectivity index (χ3n) is 4.95. The van der Waals surface area contributed by atoms with E-state index in [4.69, 9.17) is 4.42 Å². The first-order valence-electron chi connectivity index (χ1n) is 9.44. The van der Waals surface area contributed by atoms with Crippen LogP contribution in [0.15, 0.2) is 63.8 Å². The Hall–Kier alpha value is -4.27. The fraction of sp³-hybridized carbons (Fsp3) is 0.136. The van der Waals surface area contributed by atoms with Gasteiger partial charge in [0, 0.05) is 28.8 Å². The summed E-state index contributed by atoms with van der Waals surface area (Å²) in [6.07, 6.45) is 0. The number of fused-ring (bicyclic) bond motifs is 1. The summed E-state index contributed by atoms with van der Waals surface area (Å²) in [5, 5.41) is 18.6. The maximum atomic E-state index is 13.0. The Labute approximate surface area is 176 Å². The molecule has 156 valence electrons. The van der Waals surface area contributed by atoms with Gasteiger partial charge in [-0.15, -0.1) is 0 Å². The fourth-order valence-corrected chi connectivity index (χ4v) is 3.38. The van der Waals surface area contributed by atoms with Crippen LogP contribution in [0.4, 0.5) is 11.5 Å². The van der Waals surface area contributed by atoms with E-state index in [1.807, 2.05) is 6.92 Å². The van der Waals surface area contributed by atoms with Gasteiger partial charge in [0.05, 0.1) is 23.4 Å². The number of aryl methyl sites for hydroxylation is 2. The number of nitro groups is 1. The molecule has 0 bridgehead atoms. The molecule has 2 heterocycles. The summed E-state index contributed by atoms with van der Waals surface area (Å²) in [6, 6.07) is 14.9. The topological polar surface area (TPSA) is 120 Å². The number of anilines is 1. The largest absolute Gasteiger partial charge is 0.423 e. The van der Waals surface area contributed by atoms with Crippen LogP contribution in [0.3, 0.4) is 0 Å². The van der Waals surface area contributed by atoms with Crippen LogP contribution < -0.4 is 10.9 Å². The number of carbonyl (C=O) groups excluding carboxylic acids is 1. The molecular formula is C22H18N4O5. The number of carbonyl (C=O) groups is 1. The third-order valence-corrected chi connectivity index (χ3v) is 4.95. The normalized spacial score (nSPS) is 10.9. The van der Waals surface area contributed by atoms with Gasteiger partial charge in [0.15, 0.2) is 0 Å². The van der Waals surface area contributed by atoms with Gasteiger partial charge in [0.1, 0.15) is 5.58 Å². The molecule has 31 heavy (non-hydrogen) atoms. The van der Waals surface area contributed by atoms with Crippen molar-refractivity contribution >= 4 is 28.4 Å². The van der Waals surface area contributed by atoms with E-state index in [1.165, 1.54) is 16.8 Å². The van der Waals surface area contributed by atoms with Crippen LogP contribution in [0.5, 0.6) is 0 Å². The minimum atomic E-state index is -0.554. The average molecular weight is 418 g/mol. The second-order valence-electron chi connectivity index (χ2n) is 7.13. The summed E-state index contributed by atoms with van der Waals surface area (Å²) in [5.41, 5.74) is 2.88. The monoisotopic (exact) mass is 418 g/mol. The van der Waals surface area contributed by atoms with E-state index < -0.39 is 10.5 Å². The van der Waals surface area contributed by atoms with Crippen LogP contribution in [0.1, 0.15) is 27.2 Å². The number of nitrogens with zero attached hydrogens (tertiary/aromatic N) is 3. The van der Waals surface area contributed by atoms with Crippen molar-refractivity contribution in [3.63, 3.8) is 0 Å². The number of aromatic nitrogens is 2. The van der Waals surface area contributed by atoms with Gasteiger partial charge in [0.25, 0.3) is 5.91 Å². The van der Waals surface area contributed by atoms with Gasteiger partial charge in [-0.25, -0.2) is 4.79 Å². The Morgan fingerprint density at radius 3 is 2.68 bits per heavy atom. The quantitative estimate of drug-likeness (QED) is 0.299. The molecule has 9 heteroatoms. The van der Waals surface area contributed by atoms with E-state index in [2.05, 4.69) is 10.4 Å². The van der Waals surface area contributed by atoms with Crippen molar-refractivity contribution in [2.45, 2.75) is 20.4 Å². The van der Waals surface area contributed by atoms with Crippen molar-refractivity contribution in [2.75, 3.05) is 5.32 Å². The zero-order valence-electron chi connectivity index (χ0n) is 16.8. The summed E-state index contributed by atoms with van der Waals surface area (Å²) in [4.78, 5) is 35.0. The van der Waals surface area contributed by atoms with Crippen LogP contribution >= 0.6 is 0 Å². The molecule has 1 N–H and O–H groups in total. The summed E-state index contributed by atoms with van der Waals surface area (Å²) in [5.74, 6) is -0.600.